The Morgan fingerprint density at radius 3 is 1.05 bits per heavy atom. The maximum absolute atomic E-state index is 12.9. The van der Waals surface area contributed by atoms with Crippen LogP contribution in [-0.4, -0.2) is 331 Å². The predicted molar refractivity (Wildman–Crippen MR) is 548 cm³/mol. The van der Waals surface area contributed by atoms with E-state index in [0.717, 1.165) is 135 Å². The Balaban J connectivity index is 0.647. The molecule has 2 aromatic carbocycles. The van der Waals surface area contributed by atoms with Crippen molar-refractivity contribution in [2.24, 2.45) is 0 Å². The smallest absolute Gasteiger partial charge is 0.449 e. The molecule has 148 heavy (non-hydrogen) atoms. The van der Waals surface area contributed by atoms with Crippen molar-refractivity contribution in [2.45, 2.75) is 218 Å². The van der Waals surface area contributed by atoms with E-state index in [9.17, 15) is 57.0 Å². The third-order valence-electron chi connectivity index (χ3n) is 21.6. The van der Waals surface area contributed by atoms with E-state index in [1.165, 1.54) is 0 Å². The van der Waals surface area contributed by atoms with Crippen LogP contribution in [0.25, 0.3) is 17.0 Å². The molecule has 0 saturated carbocycles. The van der Waals surface area contributed by atoms with Crippen LogP contribution in [0.4, 0.5) is 15.3 Å². The molecule has 0 aliphatic carbocycles. The number of Topliss-reactive ketones (excluding diaryl/α,β-unsaturated/α-hetero) is 2. The first kappa shape index (κ1) is 130. The number of fused-ring (bicyclic) bond motifs is 2. The van der Waals surface area contributed by atoms with Gasteiger partial charge in [0, 0.05) is 135 Å². The van der Waals surface area contributed by atoms with Crippen LogP contribution in [0, 0.1) is 0 Å². The number of para-hydroxylation sites is 2. The molecular weight excluding hydrogens is 2040 g/mol. The topological polar surface area (TPSA) is 532 Å². The molecule has 1 aliphatic rings. The Morgan fingerprint density at radius 2 is 0.662 bits per heavy atom. The van der Waals surface area contributed by atoms with Gasteiger partial charge in [0.25, 0.3) is 0 Å². The van der Waals surface area contributed by atoms with Crippen LogP contribution in [0.3, 0.4) is 0 Å². The van der Waals surface area contributed by atoms with Crippen LogP contribution in [0.2, 0.25) is 0 Å². The van der Waals surface area contributed by atoms with Gasteiger partial charge in [-0.15, -0.1) is 10.2 Å². The summed E-state index contributed by atoms with van der Waals surface area (Å²) in [6.07, 6.45) is 25.2. The molecule has 4 unspecified atom stereocenters. The predicted octanol–water partition coefficient (Wildman–Crippen LogP) is 14.2. The second-order valence-corrected chi connectivity index (χ2v) is 40.6. The highest BCUT2D eigenvalue weighted by molar-refractivity contribution is 8.03. The first-order valence-corrected chi connectivity index (χ1v) is 58.8. The molecule has 6 N–H and O–H groups in total. The summed E-state index contributed by atoms with van der Waals surface area (Å²) in [6, 6.07) is 18.4. The molecule has 6 rings (SSSR count). The average Bonchev–Trinajstić information content (AvgIpc) is 1.47. The number of ketones is 2. The van der Waals surface area contributed by atoms with Gasteiger partial charge in [-0.3, -0.25) is 55.1 Å². The van der Waals surface area contributed by atoms with E-state index in [-0.39, 0.29) is 143 Å². The fraction of sp³-hybridized carbons (Fsp3) is 0.742. The van der Waals surface area contributed by atoms with Gasteiger partial charge in [0.2, 0.25) is 5.52 Å². The first-order chi connectivity index (χ1) is 72.1. The highest BCUT2D eigenvalue weighted by Gasteiger charge is 2.28. The quantitative estimate of drug-likeness (QED) is 0.0120. The maximum Gasteiger partial charge on any atom is 0.472 e. The summed E-state index contributed by atoms with van der Waals surface area (Å²) < 4.78 is 180. The number of nitrogens with zero attached hydrogens (tertiary/aromatic N) is 8. The minimum atomic E-state index is -4.25. The van der Waals surface area contributed by atoms with Crippen LogP contribution in [0.5, 0.6) is 0 Å². The highest BCUT2D eigenvalue weighted by atomic mass is 32.2. The van der Waals surface area contributed by atoms with Gasteiger partial charge in [0.15, 0.2) is 12.7 Å². The van der Waals surface area contributed by atoms with Gasteiger partial charge >= 0.3 is 43.5 Å². The largest absolute Gasteiger partial charge is 0.472 e. The second kappa shape index (κ2) is 85.1. The molecule has 0 bridgehead atoms. The molecule has 844 valence electrons. The van der Waals surface area contributed by atoms with Crippen LogP contribution >= 0.6 is 43.1 Å². The molecule has 0 radical (unpaired) electrons. The molecular formula is C97H165N10O36P4S+. The van der Waals surface area contributed by atoms with Gasteiger partial charge in [0.05, 0.1) is 227 Å². The van der Waals surface area contributed by atoms with Crippen molar-refractivity contribution in [3.63, 3.8) is 0 Å². The van der Waals surface area contributed by atoms with E-state index >= 15 is 0 Å². The Morgan fingerprint density at radius 1 is 0.345 bits per heavy atom. The van der Waals surface area contributed by atoms with Gasteiger partial charge in [-0.25, -0.2) is 27.8 Å². The van der Waals surface area contributed by atoms with Crippen molar-refractivity contribution in [3.05, 3.63) is 95.2 Å². The molecule has 5 aromatic rings. The lowest BCUT2D eigenvalue weighted by atomic mass is 10.1. The zero-order valence-corrected chi connectivity index (χ0v) is 91.0. The van der Waals surface area contributed by atoms with E-state index in [4.69, 9.17) is 103 Å². The third-order valence-corrected chi connectivity index (χ3v) is 26.9. The Hall–Kier alpha value is -6.22. The number of thioether (sulfide) groups is 1. The monoisotopic (exact) mass is 2200 g/mol. The van der Waals surface area contributed by atoms with Crippen molar-refractivity contribution < 1.29 is 174 Å². The number of alkyl carbamates (subject to hydrolysis) is 2. The number of phosphoric ester groups is 4. The van der Waals surface area contributed by atoms with Gasteiger partial charge < -0.3 is 111 Å². The number of anilines is 1. The SMILES string of the molecule is CCOP(=O)(O)OCCOCCOCCCCOCCOCCCCOCCOCCCCOCCOCCCCOCCOCCCCOCCOCCOP(=O)(O)OCCCCCCCC(=O)CCn1cc(CNC(=O)OCCCN2C(=Cc3cc[n+](CCCOC(=O)NCc4cn(CCC(=O)CCCCCCCOP(=O)(O)OCCOCCOCCOP(=O)(O)OCC)nn4)c4ccccc34)Sc3ccccc32)nn1. The summed E-state index contributed by atoms with van der Waals surface area (Å²) in [5, 5.41) is 24.1. The van der Waals surface area contributed by atoms with Crippen LogP contribution in [0.15, 0.2) is 83.1 Å². The van der Waals surface area contributed by atoms with E-state index in [1.54, 1.807) is 47.4 Å². The van der Waals surface area contributed by atoms with Crippen molar-refractivity contribution in [1.82, 2.24) is 40.6 Å². The molecule has 4 heterocycles. The van der Waals surface area contributed by atoms with E-state index in [1.807, 2.05) is 30.5 Å². The van der Waals surface area contributed by atoms with Crippen LogP contribution in [-0.2, 0) is 173 Å². The number of amides is 2. The number of rotatable bonds is 103. The molecule has 0 spiro atoms. The minimum absolute atomic E-state index is 0.0239. The van der Waals surface area contributed by atoms with Crippen molar-refractivity contribution in [2.75, 3.05) is 263 Å². The number of aromatic nitrogens is 7. The van der Waals surface area contributed by atoms with Crippen molar-refractivity contribution in [3.8, 4) is 0 Å². The second-order valence-electron chi connectivity index (χ2n) is 33.7. The van der Waals surface area contributed by atoms with Crippen molar-refractivity contribution in [1.29, 1.82) is 0 Å². The zero-order chi connectivity index (χ0) is 106. The number of benzene rings is 2. The lowest BCUT2D eigenvalue weighted by Gasteiger charge is -2.20. The number of phosphoric acid groups is 4. The third kappa shape index (κ3) is 68.1. The summed E-state index contributed by atoms with van der Waals surface area (Å²) in [5.74, 6) is 0.187. The summed E-state index contributed by atoms with van der Waals surface area (Å²) in [6.45, 7) is 18.5. The number of carbonyl (C=O) groups excluding carboxylic acids is 4. The van der Waals surface area contributed by atoms with Gasteiger partial charge in [0.1, 0.15) is 23.0 Å². The molecule has 0 saturated heterocycles. The average molecular weight is 2200 g/mol. The van der Waals surface area contributed by atoms with E-state index in [0.29, 0.717) is 234 Å². The van der Waals surface area contributed by atoms with Crippen LogP contribution in [0.1, 0.15) is 198 Å². The molecule has 1 aliphatic heterocycles. The Labute approximate surface area is 875 Å². The van der Waals surface area contributed by atoms with Gasteiger partial charge in [-0.2, -0.15) is 4.57 Å². The summed E-state index contributed by atoms with van der Waals surface area (Å²) in [5.41, 5.74) is 4.13. The normalized spacial score (nSPS) is 14.1. The summed E-state index contributed by atoms with van der Waals surface area (Å²) >= 11 is 1.67. The zero-order valence-electron chi connectivity index (χ0n) is 86.6. The molecule has 2 amide bonds. The lowest BCUT2D eigenvalue weighted by Crippen LogP contribution is -2.35. The van der Waals surface area contributed by atoms with Gasteiger partial charge in [-0.1, -0.05) is 85.0 Å². The number of pyridine rings is 1. The number of hydrogen-bond donors (Lipinski definition) is 6. The maximum atomic E-state index is 12.9. The Bertz CT molecular complexity index is 4510. The Kier molecular flexibility index (Phi) is 75.0. The van der Waals surface area contributed by atoms with Crippen molar-refractivity contribution >= 4 is 89.5 Å². The number of carbonyl (C=O) groups is 4. The summed E-state index contributed by atoms with van der Waals surface area (Å²) in [7, 11) is -16.5. The fourth-order valence-corrected chi connectivity index (χ4v) is 18.1. The summed E-state index contributed by atoms with van der Waals surface area (Å²) in [4.78, 5) is 93.1. The minimum Gasteiger partial charge on any atom is -0.449 e. The van der Waals surface area contributed by atoms with E-state index < -0.39 is 43.5 Å². The number of aryl methyl sites for hydroxylation is 3. The molecule has 51 heteroatoms. The number of hydrogen-bond acceptors (Lipinski definition) is 38. The highest BCUT2D eigenvalue weighted by Crippen LogP contribution is 2.48. The molecule has 0 fully saturated rings. The number of unbranched alkanes of at least 4 members (excludes halogenated alkanes) is 13. The van der Waals surface area contributed by atoms with Gasteiger partial charge in [-0.05, 0) is 140 Å². The number of nitrogens with one attached hydrogen (secondary N) is 2. The fourth-order valence-electron chi connectivity index (χ4n) is 14.0. The van der Waals surface area contributed by atoms with Crippen LogP contribution < -0.4 is 20.1 Å². The number of ether oxygens (including phenoxy) is 16. The van der Waals surface area contributed by atoms with E-state index in [2.05, 4.69) is 86.2 Å². The lowest BCUT2D eigenvalue weighted by molar-refractivity contribution is -0.672. The molecule has 3 aromatic heterocycles. The molecule has 46 nitrogen and oxygen atoms in total. The standard InChI is InChI=1S/C97H164N10O36P4S/c1-3-136-144(112,113)140-77-73-130-69-67-128-53-27-25-51-126-65-63-124-49-23-21-47-122-61-59-120-45-19-20-46-121-60-62-123-48-22-24-50-125-64-66-127-52-26-28-54-129-68-70-131-75-79-142-146(116,117)138-57-17-9-5-7-12-32-90(109)39-44-106-85-88(101-103-106)83-99-97(111)135-56-30-41-107-93-35-15-16-36-94(93)148-95(107)81-86-37-42-104(92-34-14-13-33-91(86)92)40-29-55-134-96(110)98-82-87-84-105(102-100-87)43-38-89(108)31-11-8-6-10-18-58-139-147(118,119)143-80-76-133-72-71-132-74-78-141-145(114,115)137-4-2/h13-16,33-37,42,81,84-85H,3-12,17-32,38-41,43-80,82-83H2,1-2H3,(H5-,98,99,110,111,112,113,114,115,116,117,118,119)/p+1. The molecule has 4 atom stereocenters. The first-order valence-electron chi connectivity index (χ1n) is 52.0.